The average Bonchev–Trinajstić information content (AvgIpc) is 2.44. The highest BCUT2D eigenvalue weighted by Gasteiger charge is 2.36. The van der Waals surface area contributed by atoms with Gasteiger partial charge in [0, 0.05) is 6.04 Å². The largest absolute Gasteiger partial charge is 0.327 e. The van der Waals surface area contributed by atoms with Gasteiger partial charge in [-0.2, -0.15) is 0 Å². The molecule has 1 heteroatoms. The van der Waals surface area contributed by atoms with Crippen LogP contribution < -0.4 is 5.73 Å². The molecule has 0 aliphatic heterocycles. The molecule has 2 N–H and O–H groups in total. The van der Waals surface area contributed by atoms with Crippen LogP contribution in [0.25, 0.3) is 0 Å². The number of hydrogen-bond acceptors (Lipinski definition) is 1. The van der Waals surface area contributed by atoms with Gasteiger partial charge in [-0.05, 0) is 48.6 Å². The van der Waals surface area contributed by atoms with Crippen molar-refractivity contribution >= 4 is 0 Å². The maximum Gasteiger partial charge on any atom is 0.0102 e. The van der Waals surface area contributed by atoms with E-state index < -0.39 is 0 Å². The molecule has 1 fully saturated rings. The van der Waals surface area contributed by atoms with E-state index in [9.17, 15) is 0 Å². The van der Waals surface area contributed by atoms with Crippen molar-refractivity contribution in [1.29, 1.82) is 0 Å². The Hall–Kier alpha value is -0.820. The quantitative estimate of drug-likeness (QED) is 0.661. The first-order chi connectivity index (χ1) is 6.84. The molecule has 2 atom stereocenters. The van der Waals surface area contributed by atoms with E-state index in [1.165, 1.54) is 25.7 Å². The number of benzene rings is 1. The molecule has 2 unspecified atom stereocenters. The average molecular weight is 187 g/mol. The van der Waals surface area contributed by atoms with Crippen LogP contribution in [0.15, 0.2) is 24.3 Å². The molecule has 0 aromatic heterocycles. The summed E-state index contributed by atoms with van der Waals surface area (Å²) in [5, 5.41) is 0. The predicted molar refractivity (Wildman–Crippen MR) is 58.0 cm³/mol. The molecular weight excluding hydrogens is 170 g/mol. The zero-order valence-electron chi connectivity index (χ0n) is 8.45. The first-order valence-corrected chi connectivity index (χ1v) is 5.67. The highest BCUT2D eigenvalue weighted by Crippen LogP contribution is 2.38. The molecule has 0 saturated heterocycles. The van der Waals surface area contributed by atoms with Crippen LogP contribution in [0.4, 0.5) is 0 Å². The van der Waals surface area contributed by atoms with E-state index in [1.54, 1.807) is 11.1 Å². The Bertz CT molecular complexity index is 312. The minimum absolute atomic E-state index is 0.461. The van der Waals surface area contributed by atoms with Gasteiger partial charge in [0.25, 0.3) is 0 Å². The van der Waals surface area contributed by atoms with Crippen molar-refractivity contribution < 1.29 is 0 Å². The molecule has 1 saturated carbocycles. The van der Waals surface area contributed by atoms with Crippen molar-refractivity contribution in [3.8, 4) is 0 Å². The lowest BCUT2D eigenvalue weighted by Crippen LogP contribution is -2.31. The highest BCUT2D eigenvalue weighted by atomic mass is 14.7. The third-order valence-electron chi connectivity index (χ3n) is 4.08. The van der Waals surface area contributed by atoms with E-state index in [0.717, 1.165) is 11.8 Å². The second kappa shape index (κ2) is 3.09. The summed E-state index contributed by atoms with van der Waals surface area (Å²) in [5.41, 5.74) is 9.37. The Kier molecular flexibility index (Phi) is 1.88. The SMILES string of the molecule is NC1C2CCC1Cc1ccccc1C2. The fourth-order valence-corrected chi connectivity index (χ4v) is 3.19. The van der Waals surface area contributed by atoms with E-state index in [4.69, 9.17) is 5.73 Å². The van der Waals surface area contributed by atoms with Crippen LogP contribution in [0.2, 0.25) is 0 Å². The van der Waals surface area contributed by atoms with Gasteiger partial charge < -0.3 is 5.73 Å². The maximum absolute atomic E-state index is 6.26. The van der Waals surface area contributed by atoms with Crippen LogP contribution >= 0.6 is 0 Å². The molecular formula is C13H17N. The normalized spacial score (nSPS) is 35.1. The third-order valence-corrected chi connectivity index (χ3v) is 4.08. The minimum atomic E-state index is 0.461. The summed E-state index contributed by atoms with van der Waals surface area (Å²) in [5.74, 6) is 1.51. The molecule has 0 spiro atoms. The van der Waals surface area contributed by atoms with Crippen molar-refractivity contribution in [2.24, 2.45) is 17.6 Å². The fourth-order valence-electron chi connectivity index (χ4n) is 3.19. The molecule has 0 amide bonds. The summed E-state index contributed by atoms with van der Waals surface area (Å²) >= 11 is 0. The second-order valence-corrected chi connectivity index (χ2v) is 4.85. The standard InChI is InChI=1S/C13H17N/c14-13-11-5-6-12(13)8-10-4-2-1-3-9(10)7-11/h1-4,11-13H,5-8,14H2. The molecule has 1 aromatic rings. The van der Waals surface area contributed by atoms with E-state index in [2.05, 4.69) is 24.3 Å². The summed E-state index contributed by atoms with van der Waals surface area (Å²) < 4.78 is 0. The molecule has 1 nitrogen and oxygen atoms in total. The molecule has 2 bridgehead atoms. The minimum Gasteiger partial charge on any atom is -0.327 e. The summed E-state index contributed by atoms with van der Waals surface area (Å²) in [6.07, 6.45) is 5.13. The Morgan fingerprint density at radius 2 is 1.43 bits per heavy atom. The number of fused-ring (bicyclic) bond motifs is 3. The van der Waals surface area contributed by atoms with E-state index in [-0.39, 0.29) is 0 Å². The van der Waals surface area contributed by atoms with E-state index in [1.807, 2.05) is 0 Å². The van der Waals surface area contributed by atoms with Crippen molar-refractivity contribution in [3.05, 3.63) is 35.4 Å². The lowest BCUT2D eigenvalue weighted by Gasteiger charge is -2.15. The van der Waals surface area contributed by atoms with Gasteiger partial charge in [-0.3, -0.25) is 0 Å². The predicted octanol–water partition coefficient (Wildman–Crippen LogP) is 2.14. The zero-order chi connectivity index (χ0) is 9.54. The number of rotatable bonds is 0. The van der Waals surface area contributed by atoms with Gasteiger partial charge >= 0.3 is 0 Å². The van der Waals surface area contributed by atoms with Crippen LogP contribution in [-0.2, 0) is 12.8 Å². The summed E-state index contributed by atoms with van der Waals surface area (Å²) in [4.78, 5) is 0. The van der Waals surface area contributed by atoms with Crippen LogP contribution in [-0.4, -0.2) is 6.04 Å². The summed E-state index contributed by atoms with van der Waals surface area (Å²) in [7, 11) is 0. The van der Waals surface area contributed by atoms with E-state index in [0.29, 0.717) is 6.04 Å². The molecule has 2 aliphatic rings. The Balaban J connectivity index is 2.01. The van der Waals surface area contributed by atoms with Crippen molar-refractivity contribution in [3.63, 3.8) is 0 Å². The molecule has 14 heavy (non-hydrogen) atoms. The lowest BCUT2D eigenvalue weighted by molar-refractivity contribution is 0.421. The Labute approximate surface area is 85.3 Å². The molecule has 0 radical (unpaired) electrons. The third kappa shape index (κ3) is 1.19. The zero-order valence-corrected chi connectivity index (χ0v) is 8.45. The summed E-state index contributed by atoms with van der Waals surface area (Å²) in [6.45, 7) is 0. The molecule has 74 valence electrons. The maximum atomic E-state index is 6.26. The Morgan fingerprint density at radius 1 is 0.929 bits per heavy atom. The number of hydrogen-bond donors (Lipinski definition) is 1. The van der Waals surface area contributed by atoms with Gasteiger partial charge in [-0.15, -0.1) is 0 Å². The first kappa shape index (κ1) is 8.49. The molecule has 1 aromatic carbocycles. The van der Waals surface area contributed by atoms with Gasteiger partial charge in [0.1, 0.15) is 0 Å². The van der Waals surface area contributed by atoms with Gasteiger partial charge in [-0.25, -0.2) is 0 Å². The lowest BCUT2D eigenvalue weighted by atomic mass is 9.94. The van der Waals surface area contributed by atoms with Gasteiger partial charge in [0.15, 0.2) is 0 Å². The van der Waals surface area contributed by atoms with Crippen LogP contribution in [0.3, 0.4) is 0 Å². The fraction of sp³-hybridized carbons (Fsp3) is 0.538. The molecule has 3 rings (SSSR count). The van der Waals surface area contributed by atoms with Gasteiger partial charge in [-0.1, -0.05) is 24.3 Å². The van der Waals surface area contributed by atoms with Crippen molar-refractivity contribution in [1.82, 2.24) is 0 Å². The van der Waals surface area contributed by atoms with Crippen molar-refractivity contribution in [2.75, 3.05) is 0 Å². The van der Waals surface area contributed by atoms with Crippen LogP contribution in [0.5, 0.6) is 0 Å². The number of nitrogens with two attached hydrogens (primary N) is 1. The monoisotopic (exact) mass is 187 g/mol. The van der Waals surface area contributed by atoms with Gasteiger partial charge in [0.05, 0.1) is 0 Å². The highest BCUT2D eigenvalue weighted by molar-refractivity contribution is 5.30. The Morgan fingerprint density at radius 3 is 1.93 bits per heavy atom. The molecule has 2 aliphatic carbocycles. The van der Waals surface area contributed by atoms with Crippen molar-refractivity contribution in [2.45, 2.75) is 31.7 Å². The van der Waals surface area contributed by atoms with Gasteiger partial charge in [0.2, 0.25) is 0 Å². The second-order valence-electron chi connectivity index (χ2n) is 4.85. The molecule has 0 heterocycles. The topological polar surface area (TPSA) is 26.0 Å². The first-order valence-electron chi connectivity index (χ1n) is 5.67. The van der Waals surface area contributed by atoms with Crippen LogP contribution in [0.1, 0.15) is 24.0 Å². The summed E-state index contributed by atoms with van der Waals surface area (Å²) in [6, 6.07) is 9.33. The van der Waals surface area contributed by atoms with E-state index >= 15 is 0 Å². The smallest absolute Gasteiger partial charge is 0.0102 e. The van der Waals surface area contributed by atoms with Crippen LogP contribution in [0, 0.1) is 11.8 Å².